The molecule has 3 aromatic rings. The van der Waals surface area contributed by atoms with Gasteiger partial charge in [-0.2, -0.15) is 0 Å². The van der Waals surface area contributed by atoms with Crippen molar-refractivity contribution in [3.63, 3.8) is 0 Å². The van der Waals surface area contributed by atoms with Crippen LogP contribution in [0.15, 0.2) is 36.4 Å². The maximum absolute atomic E-state index is 14.2. The van der Waals surface area contributed by atoms with Crippen LogP contribution in [0.4, 0.5) is 14.6 Å². The van der Waals surface area contributed by atoms with Gasteiger partial charge in [0.25, 0.3) is 0 Å². The quantitative estimate of drug-likeness (QED) is 0.500. The number of phenols is 1. The normalized spacial score (nSPS) is 21.0. The van der Waals surface area contributed by atoms with E-state index in [1.165, 1.54) is 6.07 Å². The van der Waals surface area contributed by atoms with Gasteiger partial charge in [0.1, 0.15) is 11.6 Å². The summed E-state index contributed by atoms with van der Waals surface area (Å²) in [6.07, 6.45) is 2.42. The Kier molecular flexibility index (Phi) is 5.62. The van der Waals surface area contributed by atoms with E-state index in [1.54, 1.807) is 12.1 Å². The number of carbonyl (C=O) groups is 1. The summed E-state index contributed by atoms with van der Waals surface area (Å²) in [5.74, 6) is -2.55. The lowest BCUT2D eigenvalue weighted by Crippen LogP contribution is -2.39. The van der Waals surface area contributed by atoms with Gasteiger partial charge in [-0.15, -0.1) is 0 Å². The van der Waals surface area contributed by atoms with E-state index in [0.717, 1.165) is 30.7 Å². The van der Waals surface area contributed by atoms with E-state index in [2.05, 4.69) is 5.32 Å². The lowest BCUT2D eigenvalue weighted by Gasteiger charge is -2.34. The lowest BCUT2D eigenvalue weighted by molar-refractivity contribution is -0.144. The van der Waals surface area contributed by atoms with E-state index in [4.69, 9.17) is 9.72 Å². The number of hydrogen-bond acceptors (Lipinski definition) is 5. The monoisotopic (exact) mass is 454 g/mol. The Morgan fingerprint density at radius 3 is 2.55 bits per heavy atom. The van der Waals surface area contributed by atoms with Gasteiger partial charge in [-0.25, -0.2) is 13.8 Å². The molecule has 1 aliphatic carbocycles. The number of benzene rings is 2. The molecule has 2 heterocycles. The van der Waals surface area contributed by atoms with E-state index in [1.807, 2.05) is 6.07 Å². The molecule has 6 nitrogen and oxygen atoms in total. The van der Waals surface area contributed by atoms with Gasteiger partial charge in [-0.1, -0.05) is 18.2 Å². The molecule has 33 heavy (non-hydrogen) atoms. The van der Waals surface area contributed by atoms with Crippen molar-refractivity contribution in [2.75, 3.05) is 18.5 Å². The second kappa shape index (κ2) is 8.59. The molecule has 0 radical (unpaired) electrons. The smallest absolute Gasteiger partial charge is 0.306 e. The molecular formula is C25H24F2N2O4. The minimum absolute atomic E-state index is 0.0129. The molecule has 3 N–H and O–H groups in total. The Labute approximate surface area is 189 Å². The van der Waals surface area contributed by atoms with Crippen molar-refractivity contribution in [3.8, 4) is 16.9 Å². The highest BCUT2D eigenvalue weighted by molar-refractivity contribution is 6.06. The van der Waals surface area contributed by atoms with Gasteiger partial charge in [0.15, 0.2) is 11.6 Å². The summed E-state index contributed by atoms with van der Waals surface area (Å²) in [7, 11) is 0. The Morgan fingerprint density at radius 1 is 1.09 bits per heavy atom. The topological polar surface area (TPSA) is 91.7 Å². The molecule has 2 aliphatic rings. The number of carboxylic acids is 1. The molecule has 0 bridgehead atoms. The molecule has 2 aromatic carbocycles. The number of nitrogens with zero attached hydrogens (tertiary/aromatic N) is 1. The van der Waals surface area contributed by atoms with Crippen molar-refractivity contribution in [2.24, 2.45) is 5.92 Å². The van der Waals surface area contributed by atoms with Crippen LogP contribution in [0.2, 0.25) is 0 Å². The number of ether oxygens (including phenoxy) is 1. The number of phenolic OH excluding ortho intramolecular Hbond substituents is 1. The molecule has 1 saturated heterocycles. The molecule has 2 fully saturated rings. The summed E-state index contributed by atoms with van der Waals surface area (Å²) in [5, 5.41) is 24.4. The third kappa shape index (κ3) is 3.99. The molecule has 0 amide bonds. The summed E-state index contributed by atoms with van der Waals surface area (Å²) in [6, 6.07) is 8.81. The number of halogens is 2. The van der Waals surface area contributed by atoms with Crippen LogP contribution >= 0.6 is 0 Å². The molecule has 1 aromatic heterocycles. The van der Waals surface area contributed by atoms with E-state index in [0.29, 0.717) is 53.8 Å². The van der Waals surface area contributed by atoms with Crippen molar-refractivity contribution in [1.82, 2.24) is 4.98 Å². The van der Waals surface area contributed by atoms with Crippen LogP contribution in [0, 0.1) is 17.6 Å². The number of fused-ring (bicyclic) bond motifs is 1. The number of carboxylic acid groups (broad SMARTS) is 1. The van der Waals surface area contributed by atoms with E-state index in [-0.39, 0.29) is 17.7 Å². The zero-order chi connectivity index (χ0) is 23.1. The Bertz CT molecular complexity index is 1220. The first-order valence-corrected chi connectivity index (χ1v) is 11.1. The van der Waals surface area contributed by atoms with E-state index in [9.17, 15) is 23.8 Å². The molecular weight excluding hydrogens is 430 g/mol. The van der Waals surface area contributed by atoms with Crippen LogP contribution in [0.3, 0.4) is 0 Å². The number of rotatable bonds is 5. The Morgan fingerprint density at radius 2 is 1.85 bits per heavy atom. The molecule has 5 rings (SSSR count). The SMILES string of the molecule is O=C(O)C1CC(Nc2nc(C3CCOCC3)c(-c3ccc(F)c(F)c3)c3cccc(O)c23)C1. The average Bonchev–Trinajstić information content (AvgIpc) is 2.78. The summed E-state index contributed by atoms with van der Waals surface area (Å²) >= 11 is 0. The number of anilines is 1. The standard InChI is InChI=1S/C25H24F2N2O4/c26-18-5-4-14(12-19(18)27)21-17-2-1-3-20(30)22(17)24(28-16-10-15(11-16)25(31)32)29-23(21)13-6-8-33-9-7-13/h1-5,12-13,15-16,30H,6-11H2,(H,28,29)(H,31,32). The minimum atomic E-state index is -0.949. The molecule has 1 saturated carbocycles. The van der Waals surface area contributed by atoms with Crippen molar-refractivity contribution in [3.05, 3.63) is 53.7 Å². The van der Waals surface area contributed by atoms with E-state index < -0.39 is 23.5 Å². The van der Waals surface area contributed by atoms with Crippen LogP contribution in [0.1, 0.15) is 37.3 Å². The predicted molar refractivity (Wildman–Crippen MR) is 119 cm³/mol. The molecule has 0 unspecified atom stereocenters. The first-order chi connectivity index (χ1) is 15.9. The summed E-state index contributed by atoms with van der Waals surface area (Å²) in [4.78, 5) is 16.1. The average molecular weight is 454 g/mol. The van der Waals surface area contributed by atoms with Gasteiger partial charge < -0.3 is 20.3 Å². The van der Waals surface area contributed by atoms with Crippen molar-refractivity contribution in [2.45, 2.75) is 37.6 Å². The Balaban J connectivity index is 1.68. The van der Waals surface area contributed by atoms with Crippen LogP contribution in [-0.2, 0) is 9.53 Å². The van der Waals surface area contributed by atoms with Crippen molar-refractivity contribution in [1.29, 1.82) is 0 Å². The van der Waals surface area contributed by atoms with Crippen LogP contribution in [0.25, 0.3) is 21.9 Å². The highest BCUT2D eigenvalue weighted by Gasteiger charge is 2.35. The van der Waals surface area contributed by atoms with Crippen molar-refractivity contribution >= 4 is 22.6 Å². The number of pyridine rings is 1. The molecule has 0 atom stereocenters. The first kappa shape index (κ1) is 21.6. The zero-order valence-corrected chi connectivity index (χ0v) is 17.9. The van der Waals surface area contributed by atoms with Gasteiger partial charge in [-0.3, -0.25) is 4.79 Å². The molecule has 8 heteroatoms. The fourth-order valence-corrected chi connectivity index (χ4v) is 4.82. The fourth-order valence-electron chi connectivity index (χ4n) is 4.82. The molecule has 0 spiro atoms. The summed E-state index contributed by atoms with van der Waals surface area (Å²) in [6.45, 7) is 1.15. The fraction of sp³-hybridized carbons (Fsp3) is 0.360. The summed E-state index contributed by atoms with van der Waals surface area (Å²) < 4.78 is 33.4. The maximum atomic E-state index is 14.2. The lowest BCUT2D eigenvalue weighted by atomic mass is 9.80. The van der Waals surface area contributed by atoms with Gasteiger partial charge in [0.2, 0.25) is 0 Å². The van der Waals surface area contributed by atoms with Gasteiger partial charge in [0, 0.05) is 30.7 Å². The van der Waals surface area contributed by atoms with Crippen molar-refractivity contribution < 1.29 is 28.5 Å². The predicted octanol–water partition coefficient (Wildman–Crippen LogP) is 5.05. The maximum Gasteiger partial charge on any atom is 0.306 e. The first-order valence-electron chi connectivity index (χ1n) is 11.1. The van der Waals surface area contributed by atoms with Gasteiger partial charge in [0.05, 0.1) is 17.0 Å². The second-order valence-corrected chi connectivity index (χ2v) is 8.78. The van der Waals surface area contributed by atoms with Crippen LogP contribution in [-0.4, -0.2) is 40.4 Å². The third-order valence-corrected chi connectivity index (χ3v) is 6.68. The second-order valence-electron chi connectivity index (χ2n) is 8.78. The third-order valence-electron chi connectivity index (χ3n) is 6.68. The highest BCUT2D eigenvalue weighted by atomic mass is 19.2. The minimum Gasteiger partial charge on any atom is -0.507 e. The number of aromatic nitrogens is 1. The van der Waals surface area contributed by atoms with Gasteiger partial charge >= 0.3 is 5.97 Å². The van der Waals surface area contributed by atoms with E-state index >= 15 is 0 Å². The largest absolute Gasteiger partial charge is 0.507 e. The highest BCUT2D eigenvalue weighted by Crippen LogP contribution is 2.44. The number of aliphatic carboxylic acids is 1. The molecule has 172 valence electrons. The van der Waals surface area contributed by atoms with Crippen LogP contribution in [0.5, 0.6) is 5.75 Å². The summed E-state index contributed by atoms with van der Waals surface area (Å²) in [5.41, 5.74) is 1.88. The number of nitrogens with one attached hydrogen (secondary N) is 1. The molecule has 1 aliphatic heterocycles. The van der Waals surface area contributed by atoms with Crippen LogP contribution < -0.4 is 5.32 Å². The van der Waals surface area contributed by atoms with Gasteiger partial charge in [-0.05, 0) is 54.8 Å². The number of hydrogen-bond donors (Lipinski definition) is 3. The number of aromatic hydroxyl groups is 1. The Hall–Kier alpha value is -3.26. The zero-order valence-electron chi connectivity index (χ0n) is 17.9.